The van der Waals surface area contributed by atoms with Gasteiger partial charge in [0, 0.05) is 34.9 Å². The Morgan fingerprint density at radius 1 is 1.10 bits per heavy atom. The number of likely N-dealkylation sites (tertiary alicyclic amines) is 1. The van der Waals surface area contributed by atoms with E-state index in [1.165, 1.54) is 24.1 Å². The van der Waals surface area contributed by atoms with Gasteiger partial charge in [0.2, 0.25) is 5.91 Å². The van der Waals surface area contributed by atoms with E-state index in [4.69, 9.17) is 16.3 Å². The van der Waals surface area contributed by atoms with Gasteiger partial charge in [-0.15, -0.1) is 11.3 Å². The van der Waals surface area contributed by atoms with Gasteiger partial charge >= 0.3 is 0 Å². The summed E-state index contributed by atoms with van der Waals surface area (Å²) in [4.78, 5) is 26.1. The van der Waals surface area contributed by atoms with Crippen molar-refractivity contribution in [3.8, 4) is 16.2 Å². The summed E-state index contributed by atoms with van der Waals surface area (Å²) in [5.74, 6) is 1.05. The van der Waals surface area contributed by atoms with Crippen LogP contribution in [0.15, 0.2) is 55.0 Å². The van der Waals surface area contributed by atoms with Gasteiger partial charge in [0.25, 0.3) is 0 Å². The first-order valence-corrected chi connectivity index (χ1v) is 15.3. The summed E-state index contributed by atoms with van der Waals surface area (Å²) in [6.45, 7) is 2.17. The van der Waals surface area contributed by atoms with Gasteiger partial charge in [-0.2, -0.15) is 5.10 Å². The van der Waals surface area contributed by atoms with Crippen molar-refractivity contribution in [2.75, 3.05) is 18.4 Å². The van der Waals surface area contributed by atoms with Gasteiger partial charge in [-0.1, -0.05) is 23.7 Å². The number of aromatic nitrogens is 4. The monoisotopic (exact) mass is 602 g/mol. The minimum Gasteiger partial charge on any atom is -0.487 e. The van der Waals surface area contributed by atoms with E-state index in [2.05, 4.69) is 20.4 Å². The zero-order valence-corrected chi connectivity index (χ0v) is 24.3. The van der Waals surface area contributed by atoms with Gasteiger partial charge in [-0.05, 0) is 73.6 Å². The number of anilines is 2. The Hall–Kier alpha value is -4.02. The Bertz CT molecular complexity index is 1800. The molecular weight excluding hydrogens is 575 g/mol. The smallest absolute Gasteiger partial charge is 0.244 e. The highest BCUT2D eigenvalue weighted by Gasteiger charge is 2.28. The van der Waals surface area contributed by atoms with Crippen LogP contribution in [0.5, 0.6) is 5.75 Å². The number of hydrogen-bond donors (Lipinski definition) is 1. The molecule has 0 bridgehead atoms. The fourth-order valence-electron chi connectivity index (χ4n) is 5.78. The van der Waals surface area contributed by atoms with Crippen LogP contribution in [0.3, 0.4) is 0 Å². The zero-order valence-electron chi connectivity index (χ0n) is 22.8. The van der Waals surface area contributed by atoms with E-state index < -0.39 is 0 Å². The zero-order chi connectivity index (χ0) is 28.6. The van der Waals surface area contributed by atoms with Crippen molar-refractivity contribution in [2.45, 2.75) is 45.3 Å². The van der Waals surface area contributed by atoms with Crippen LogP contribution in [0.1, 0.15) is 36.1 Å². The molecule has 1 N–H and O–H groups in total. The molecule has 8 nitrogen and oxygen atoms in total. The van der Waals surface area contributed by atoms with E-state index in [1.807, 2.05) is 21.8 Å². The standard InChI is InChI=1S/C31H28ClFN6O2S/c32-24-14-21(7-10-26(24)41-17-19-5-4-6-20(33)13-19)37-30-28-22-8-9-25-23(29(22)42-31(28)35-18-34-30)15-36-39(25)16-27(40)38-11-2-1-3-12-38/h4-7,10,13-15,18H,1-3,8-9,11-12,16-17H2,(H,34,35,37). The molecule has 11 heteroatoms. The van der Waals surface area contributed by atoms with Crippen LogP contribution < -0.4 is 10.1 Å². The Morgan fingerprint density at radius 3 is 2.81 bits per heavy atom. The summed E-state index contributed by atoms with van der Waals surface area (Å²) < 4.78 is 21.2. The lowest BCUT2D eigenvalue weighted by molar-refractivity contribution is -0.132. The minimum absolute atomic E-state index is 0.143. The number of benzene rings is 2. The average molecular weight is 603 g/mol. The number of carbonyl (C=O) groups excluding carboxylic acids is 1. The quantitative estimate of drug-likeness (QED) is 0.221. The van der Waals surface area contributed by atoms with E-state index in [0.29, 0.717) is 16.6 Å². The van der Waals surface area contributed by atoms with E-state index in [0.717, 1.165) is 76.4 Å². The summed E-state index contributed by atoms with van der Waals surface area (Å²) in [5, 5.41) is 9.47. The number of rotatable bonds is 7. The Kier molecular flexibility index (Phi) is 7.25. The number of thiophene rings is 1. The normalized spacial score (nSPS) is 14.5. The summed E-state index contributed by atoms with van der Waals surface area (Å²) in [5.41, 5.74) is 4.84. The molecule has 1 aliphatic carbocycles. The molecule has 0 radical (unpaired) electrons. The first-order valence-electron chi connectivity index (χ1n) is 14.1. The number of halogens is 2. The molecule has 214 valence electrons. The van der Waals surface area contributed by atoms with Crippen molar-refractivity contribution >= 4 is 50.6 Å². The third-order valence-corrected chi connectivity index (χ3v) is 9.33. The Morgan fingerprint density at radius 2 is 1.98 bits per heavy atom. The molecule has 2 aliphatic rings. The molecule has 4 heterocycles. The molecule has 5 aromatic rings. The molecule has 42 heavy (non-hydrogen) atoms. The van der Waals surface area contributed by atoms with Crippen molar-refractivity contribution in [3.05, 3.63) is 82.6 Å². The number of fused-ring (bicyclic) bond motifs is 5. The maximum Gasteiger partial charge on any atom is 0.244 e. The second kappa shape index (κ2) is 11.3. The lowest BCUT2D eigenvalue weighted by Gasteiger charge is -2.27. The summed E-state index contributed by atoms with van der Waals surface area (Å²) in [6, 6.07) is 11.7. The maximum absolute atomic E-state index is 13.5. The van der Waals surface area contributed by atoms with Crippen LogP contribution in [0.4, 0.5) is 15.9 Å². The number of nitrogens with zero attached hydrogens (tertiary/aromatic N) is 5. The fourth-order valence-corrected chi connectivity index (χ4v) is 7.23. The molecule has 3 aromatic heterocycles. The number of carbonyl (C=O) groups is 1. The van der Waals surface area contributed by atoms with Crippen LogP contribution in [0.2, 0.25) is 5.02 Å². The van der Waals surface area contributed by atoms with E-state index in [1.54, 1.807) is 41.9 Å². The molecule has 0 spiro atoms. The van der Waals surface area contributed by atoms with Crippen LogP contribution >= 0.6 is 22.9 Å². The van der Waals surface area contributed by atoms with Crippen LogP contribution in [-0.4, -0.2) is 43.6 Å². The molecule has 0 saturated carbocycles. The number of aryl methyl sites for hydroxylation is 1. The number of piperidine rings is 1. The van der Waals surface area contributed by atoms with Crippen molar-refractivity contribution in [1.29, 1.82) is 0 Å². The molecule has 1 saturated heterocycles. The number of amides is 1. The predicted octanol–water partition coefficient (Wildman–Crippen LogP) is 6.78. The lowest BCUT2D eigenvalue weighted by atomic mass is 9.95. The number of nitrogens with one attached hydrogen (secondary N) is 1. The highest BCUT2D eigenvalue weighted by atomic mass is 35.5. The van der Waals surface area contributed by atoms with Crippen LogP contribution in [-0.2, 0) is 30.8 Å². The summed E-state index contributed by atoms with van der Waals surface area (Å²) >= 11 is 8.17. The van der Waals surface area contributed by atoms with Gasteiger partial charge in [-0.25, -0.2) is 14.4 Å². The van der Waals surface area contributed by atoms with Crippen molar-refractivity contribution in [3.63, 3.8) is 0 Å². The topological polar surface area (TPSA) is 85.2 Å². The largest absolute Gasteiger partial charge is 0.487 e. The van der Waals surface area contributed by atoms with Crippen LogP contribution in [0.25, 0.3) is 20.7 Å². The highest BCUT2D eigenvalue weighted by Crippen LogP contribution is 2.45. The lowest BCUT2D eigenvalue weighted by Crippen LogP contribution is -2.38. The van der Waals surface area contributed by atoms with Crippen LogP contribution in [0, 0.1) is 5.82 Å². The third-order valence-electron chi connectivity index (χ3n) is 7.86. The molecule has 7 rings (SSSR count). The first-order chi connectivity index (χ1) is 20.5. The summed E-state index contributed by atoms with van der Waals surface area (Å²) in [6.07, 6.45) is 8.39. The number of hydrogen-bond acceptors (Lipinski definition) is 7. The molecule has 1 fully saturated rings. The Labute approximate surface area is 251 Å². The van der Waals surface area contributed by atoms with Crippen molar-refractivity contribution in [1.82, 2.24) is 24.6 Å². The van der Waals surface area contributed by atoms with Crippen molar-refractivity contribution < 1.29 is 13.9 Å². The number of ether oxygens (including phenoxy) is 1. The molecule has 0 atom stereocenters. The Balaban J connectivity index is 1.11. The third kappa shape index (κ3) is 5.20. The van der Waals surface area contributed by atoms with Gasteiger partial charge in [0.15, 0.2) is 0 Å². The van der Waals surface area contributed by atoms with Crippen molar-refractivity contribution in [2.24, 2.45) is 0 Å². The molecule has 1 aliphatic heterocycles. The predicted molar refractivity (Wildman–Crippen MR) is 162 cm³/mol. The molecule has 1 amide bonds. The highest BCUT2D eigenvalue weighted by molar-refractivity contribution is 7.22. The second-order valence-electron chi connectivity index (χ2n) is 10.6. The van der Waals surface area contributed by atoms with Gasteiger partial charge in [0.1, 0.15) is 41.7 Å². The molecular formula is C31H28ClFN6O2S. The van der Waals surface area contributed by atoms with Gasteiger partial charge in [-0.3, -0.25) is 9.48 Å². The SMILES string of the molecule is O=C(Cn1ncc2c1CCc1c-2sc2ncnc(Nc3ccc(OCc4cccc(F)c4)c(Cl)c3)c12)N1CCCCC1. The van der Waals surface area contributed by atoms with E-state index in [-0.39, 0.29) is 24.9 Å². The van der Waals surface area contributed by atoms with E-state index in [9.17, 15) is 9.18 Å². The molecule has 2 aromatic carbocycles. The fraction of sp³-hybridized carbons (Fsp3) is 0.290. The second-order valence-corrected chi connectivity index (χ2v) is 12.0. The van der Waals surface area contributed by atoms with Gasteiger partial charge in [0.05, 0.1) is 16.6 Å². The van der Waals surface area contributed by atoms with Gasteiger partial charge < -0.3 is 15.0 Å². The maximum atomic E-state index is 13.5. The average Bonchev–Trinajstić information content (AvgIpc) is 3.59. The first kappa shape index (κ1) is 26.9. The summed E-state index contributed by atoms with van der Waals surface area (Å²) in [7, 11) is 0. The molecule has 0 unspecified atom stereocenters. The minimum atomic E-state index is -0.304. The van der Waals surface area contributed by atoms with E-state index >= 15 is 0 Å².